The van der Waals surface area contributed by atoms with E-state index in [0.29, 0.717) is 5.69 Å². The van der Waals surface area contributed by atoms with Crippen molar-refractivity contribution in [3.63, 3.8) is 0 Å². The van der Waals surface area contributed by atoms with Gasteiger partial charge in [0.2, 0.25) is 0 Å². The Morgan fingerprint density at radius 2 is 1.85 bits per heavy atom. The van der Waals surface area contributed by atoms with E-state index in [9.17, 15) is 9.59 Å². The number of amides is 1. The Hall–Kier alpha value is -1.36. The third-order valence-corrected chi connectivity index (χ3v) is 3.33. The average Bonchev–Trinajstić information content (AvgIpc) is 2.29. The topological polar surface area (TPSA) is 55.4 Å². The number of hydrogen-bond acceptors (Lipinski definition) is 3. The van der Waals surface area contributed by atoms with Gasteiger partial charge in [-0.1, -0.05) is 6.07 Å². The third-order valence-electron chi connectivity index (χ3n) is 2.64. The normalized spacial score (nSPS) is 11.9. The minimum absolute atomic E-state index is 0.528. The highest BCUT2D eigenvalue weighted by atomic mass is 79.9. The van der Waals surface area contributed by atoms with Crippen molar-refractivity contribution in [2.75, 3.05) is 5.32 Å². The van der Waals surface area contributed by atoms with Gasteiger partial charge >= 0.3 is 6.09 Å². The molecule has 0 fully saturated rings. The van der Waals surface area contributed by atoms with Crippen molar-refractivity contribution >= 4 is 34.0 Å². The van der Waals surface area contributed by atoms with Crippen molar-refractivity contribution < 1.29 is 14.3 Å². The molecular formula is C15H20BrNO3. The molecule has 20 heavy (non-hydrogen) atoms. The molecule has 0 atom stereocenters. The summed E-state index contributed by atoms with van der Waals surface area (Å²) in [6.07, 6.45) is 0.354. The SMILES string of the molecule is CC(C)(C)OC(=O)Nc1cc(C(C)(C)C=O)ccc1Br. The third kappa shape index (κ3) is 4.63. The molecule has 1 aromatic carbocycles. The maximum absolute atomic E-state index is 11.8. The van der Waals surface area contributed by atoms with Crippen molar-refractivity contribution in [3.8, 4) is 0 Å². The Morgan fingerprint density at radius 3 is 2.35 bits per heavy atom. The van der Waals surface area contributed by atoms with E-state index < -0.39 is 17.1 Å². The van der Waals surface area contributed by atoms with Gasteiger partial charge in [0.15, 0.2) is 0 Å². The van der Waals surface area contributed by atoms with E-state index >= 15 is 0 Å². The standard InChI is InChI=1S/C15H20BrNO3/c1-14(2,3)20-13(19)17-12-8-10(6-7-11(12)16)15(4,5)9-18/h6-9H,1-5H3,(H,17,19). The second kappa shape index (κ2) is 5.95. The number of carbonyl (C=O) groups is 2. The molecule has 0 spiro atoms. The zero-order valence-corrected chi connectivity index (χ0v) is 14.0. The summed E-state index contributed by atoms with van der Waals surface area (Å²) in [5, 5.41) is 2.68. The van der Waals surface area contributed by atoms with Crippen LogP contribution in [0, 0.1) is 0 Å². The van der Waals surface area contributed by atoms with Gasteiger partial charge in [-0.2, -0.15) is 0 Å². The van der Waals surface area contributed by atoms with E-state index in [1.54, 1.807) is 32.9 Å². The van der Waals surface area contributed by atoms with Gasteiger partial charge < -0.3 is 9.53 Å². The Bertz CT molecular complexity index is 518. The second-order valence-electron chi connectivity index (χ2n) is 6.16. The molecule has 0 aliphatic carbocycles. The molecule has 0 aliphatic rings. The van der Waals surface area contributed by atoms with Crippen molar-refractivity contribution in [2.45, 2.75) is 45.6 Å². The van der Waals surface area contributed by atoms with Crippen LogP contribution in [0.15, 0.2) is 22.7 Å². The highest BCUT2D eigenvalue weighted by Gasteiger charge is 2.22. The molecule has 4 nitrogen and oxygen atoms in total. The monoisotopic (exact) mass is 341 g/mol. The highest BCUT2D eigenvalue weighted by molar-refractivity contribution is 9.10. The van der Waals surface area contributed by atoms with E-state index in [4.69, 9.17) is 4.74 Å². The smallest absolute Gasteiger partial charge is 0.412 e. The molecule has 0 aliphatic heterocycles. The minimum Gasteiger partial charge on any atom is -0.444 e. The highest BCUT2D eigenvalue weighted by Crippen LogP contribution is 2.29. The Labute approximate surface area is 128 Å². The van der Waals surface area contributed by atoms with E-state index in [1.165, 1.54) is 0 Å². The lowest BCUT2D eigenvalue weighted by atomic mass is 9.86. The Kier molecular flexibility index (Phi) is 4.97. The van der Waals surface area contributed by atoms with Crippen molar-refractivity contribution in [2.24, 2.45) is 0 Å². The van der Waals surface area contributed by atoms with Crippen LogP contribution in [0.2, 0.25) is 0 Å². The number of anilines is 1. The fraction of sp³-hybridized carbons (Fsp3) is 0.467. The second-order valence-corrected chi connectivity index (χ2v) is 7.02. The first-order chi connectivity index (χ1) is 9.05. The van der Waals surface area contributed by atoms with E-state index in [0.717, 1.165) is 16.3 Å². The summed E-state index contributed by atoms with van der Waals surface area (Å²) >= 11 is 3.37. The summed E-state index contributed by atoms with van der Waals surface area (Å²) in [4.78, 5) is 22.9. The van der Waals surface area contributed by atoms with Gasteiger partial charge in [0.1, 0.15) is 11.9 Å². The molecule has 0 saturated heterocycles. The number of halogens is 1. The fourth-order valence-electron chi connectivity index (χ4n) is 1.50. The quantitative estimate of drug-likeness (QED) is 0.835. The maximum Gasteiger partial charge on any atom is 0.412 e. The van der Waals surface area contributed by atoms with Crippen LogP contribution in [0.4, 0.5) is 10.5 Å². The molecule has 1 aromatic rings. The van der Waals surface area contributed by atoms with Crippen LogP contribution in [0.1, 0.15) is 40.2 Å². The lowest BCUT2D eigenvalue weighted by Gasteiger charge is -2.22. The number of benzene rings is 1. The van der Waals surface area contributed by atoms with Gasteiger partial charge in [-0.15, -0.1) is 0 Å². The summed E-state index contributed by atoms with van der Waals surface area (Å²) in [6.45, 7) is 9.04. The lowest BCUT2D eigenvalue weighted by Crippen LogP contribution is -2.27. The molecule has 1 N–H and O–H groups in total. The largest absolute Gasteiger partial charge is 0.444 e. The maximum atomic E-state index is 11.8. The van der Waals surface area contributed by atoms with Crippen molar-refractivity contribution in [1.82, 2.24) is 0 Å². The van der Waals surface area contributed by atoms with Gasteiger partial charge in [-0.05, 0) is 68.2 Å². The van der Waals surface area contributed by atoms with Crippen LogP contribution >= 0.6 is 15.9 Å². The van der Waals surface area contributed by atoms with Crippen LogP contribution in [0.25, 0.3) is 0 Å². The zero-order chi connectivity index (χ0) is 15.6. The van der Waals surface area contributed by atoms with Crippen LogP contribution in [0.5, 0.6) is 0 Å². The predicted octanol–water partition coefficient (Wildman–Crippen LogP) is 4.27. The van der Waals surface area contributed by atoms with E-state index in [2.05, 4.69) is 21.2 Å². The van der Waals surface area contributed by atoms with Gasteiger partial charge in [-0.3, -0.25) is 5.32 Å². The molecule has 1 rings (SSSR count). The Balaban J connectivity index is 2.98. The molecule has 0 unspecified atom stereocenters. The van der Waals surface area contributed by atoms with Crippen molar-refractivity contribution in [3.05, 3.63) is 28.2 Å². The lowest BCUT2D eigenvalue weighted by molar-refractivity contribution is -0.111. The molecule has 0 heterocycles. The first-order valence-electron chi connectivity index (χ1n) is 6.31. The molecule has 5 heteroatoms. The van der Waals surface area contributed by atoms with Crippen LogP contribution < -0.4 is 5.32 Å². The summed E-state index contributed by atoms with van der Waals surface area (Å²) in [5.41, 5.74) is 0.231. The van der Waals surface area contributed by atoms with Crippen LogP contribution in [-0.2, 0) is 14.9 Å². The molecule has 0 bridgehead atoms. The van der Waals surface area contributed by atoms with Gasteiger partial charge in [0.05, 0.1) is 5.69 Å². The zero-order valence-electron chi connectivity index (χ0n) is 12.4. The molecular weight excluding hydrogens is 322 g/mol. The number of aldehydes is 1. The molecule has 0 saturated carbocycles. The molecule has 0 aromatic heterocycles. The number of nitrogens with one attached hydrogen (secondary N) is 1. The first kappa shape index (κ1) is 16.7. The van der Waals surface area contributed by atoms with Crippen LogP contribution in [0.3, 0.4) is 0 Å². The summed E-state index contributed by atoms with van der Waals surface area (Å²) in [6, 6.07) is 5.41. The van der Waals surface area contributed by atoms with Crippen molar-refractivity contribution in [1.29, 1.82) is 0 Å². The summed E-state index contributed by atoms with van der Waals surface area (Å²) < 4.78 is 5.94. The van der Waals surface area contributed by atoms with E-state index in [-0.39, 0.29) is 0 Å². The number of ether oxygens (including phenoxy) is 1. The van der Waals surface area contributed by atoms with Crippen LogP contribution in [-0.4, -0.2) is 18.0 Å². The number of rotatable bonds is 3. The summed E-state index contributed by atoms with van der Waals surface area (Å²) in [5.74, 6) is 0. The average molecular weight is 342 g/mol. The predicted molar refractivity (Wildman–Crippen MR) is 83.1 cm³/mol. The fourth-order valence-corrected chi connectivity index (χ4v) is 1.85. The van der Waals surface area contributed by atoms with Gasteiger partial charge in [-0.25, -0.2) is 4.79 Å². The molecule has 1 amide bonds. The van der Waals surface area contributed by atoms with E-state index in [1.807, 2.05) is 19.9 Å². The first-order valence-corrected chi connectivity index (χ1v) is 7.11. The molecule has 110 valence electrons. The minimum atomic E-state index is -0.606. The Morgan fingerprint density at radius 1 is 1.25 bits per heavy atom. The number of carbonyl (C=O) groups excluding carboxylic acids is 2. The van der Waals surface area contributed by atoms with Gasteiger partial charge in [0.25, 0.3) is 0 Å². The van der Waals surface area contributed by atoms with Gasteiger partial charge in [0, 0.05) is 9.89 Å². The summed E-state index contributed by atoms with van der Waals surface area (Å²) in [7, 11) is 0. The molecule has 0 radical (unpaired) electrons. The number of hydrogen-bond donors (Lipinski definition) is 1.